The van der Waals surface area contributed by atoms with E-state index in [1.165, 1.54) is 25.7 Å². The molecule has 0 atom stereocenters. The second-order valence-corrected chi connectivity index (χ2v) is 4.55. The van der Waals surface area contributed by atoms with Crippen LogP contribution in [0.4, 0.5) is 17.5 Å². The van der Waals surface area contributed by atoms with Crippen LogP contribution < -0.4 is 11.1 Å². The third kappa shape index (κ3) is 3.06. The maximum atomic E-state index is 10.6. The first-order valence-electron chi connectivity index (χ1n) is 6.20. The van der Waals surface area contributed by atoms with Crippen molar-refractivity contribution in [3.05, 3.63) is 16.3 Å². The molecule has 7 heteroatoms. The van der Waals surface area contributed by atoms with E-state index >= 15 is 0 Å². The Labute approximate surface area is 105 Å². The SMILES string of the molecule is Nc1nc(NC2CCCCCC2)ncc1[N+](=O)[O-]. The molecule has 2 rings (SSSR count). The number of hydrogen-bond donors (Lipinski definition) is 2. The van der Waals surface area contributed by atoms with Gasteiger partial charge in [0.2, 0.25) is 11.8 Å². The number of aromatic nitrogens is 2. The Kier molecular flexibility index (Phi) is 3.91. The molecule has 1 fully saturated rings. The molecule has 1 heterocycles. The van der Waals surface area contributed by atoms with Gasteiger partial charge in [-0.2, -0.15) is 4.98 Å². The average Bonchev–Trinajstić information content (AvgIpc) is 2.57. The molecule has 1 aliphatic carbocycles. The van der Waals surface area contributed by atoms with E-state index in [0.29, 0.717) is 12.0 Å². The van der Waals surface area contributed by atoms with E-state index in [0.717, 1.165) is 19.0 Å². The Hall–Kier alpha value is -1.92. The second kappa shape index (κ2) is 5.61. The van der Waals surface area contributed by atoms with Crippen molar-refractivity contribution in [1.82, 2.24) is 9.97 Å². The third-order valence-electron chi connectivity index (χ3n) is 3.18. The van der Waals surface area contributed by atoms with Crippen LogP contribution in [0.3, 0.4) is 0 Å². The molecule has 98 valence electrons. The predicted octanol–water partition coefficient (Wildman–Crippen LogP) is 2.10. The zero-order chi connectivity index (χ0) is 13.0. The molecule has 1 aromatic rings. The molecule has 18 heavy (non-hydrogen) atoms. The van der Waals surface area contributed by atoms with Gasteiger partial charge in [0.1, 0.15) is 6.20 Å². The zero-order valence-electron chi connectivity index (χ0n) is 10.1. The molecule has 7 nitrogen and oxygen atoms in total. The summed E-state index contributed by atoms with van der Waals surface area (Å²) in [5.41, 5.74) is 5.28. The van der Waals surface area contributed by atoms with Crippen molar-refractivity contribution >= 4 is 17.5 Å². The summed E-state index contributed by atoms with van der Waals surface area (Å²) in [6.07, 6.45) is 8.24. The Morgan fingerprint density at radius 1 is 1.33 bits per heavy atom. The first kappa shape index (κ1) is 12.5. The first-order chi connectivity index (χ1) is 8.66. The molecule has 3 N–H and O–H groups in total. The summed E-state index contributed by atoms with van der Waals surface area (Å²) in [6, 6.07) is 0.341. The van der Waals surface area contributed by atoms with Gasteiger partial charge in [0, 0.05) is 6.04 Å². The van der Waals surface area contributed by atoms with Gasteiger partial charge in [-0.1, -0.05) is 25.7 Å². The maximum Gasteiger partial charge on any atom is 0.329 e. The van der Waals surface area contributed by atoms with Crippen LogP contribution in [-0.2, 0) is 0 Å². The van der Waals surface area contributed by atoms with Gasteiger partial charge < -0.3 is 11.1 Å². The maximum absolute atomic E-state index is 10.6. The molecule has 0 bridgehead atoms. The van der Waals surface area contributed by atoms with Crippen molar-refractivity contribution in [3.8, 4) is 0 Å². The molecule has 1 aromatic heterocycles. The standard InChI is InChI=1S/C11H17N5O2/c12-10-9(16(17)18)7-13-11(15-10)14-8-5-3-1-2-4-6-8/h7-8H,1-6H2,(H3,12,13,14,15). The van der Waals surface area contributed by atoms with Crippen LogP contribution in [0, 0.1) is 10.1 Å². The van der Waals surface area contributed by atoms with Crippen LogP contribution in [0.15, 0.2) is 6.20 Å². The molecule has 0 unspecified atom stereocenters. The minimum absolute atomic E-state index is 0.0916. The van der Waals surface area contributed by atoms with E-state index in [9.17, 15) is 10.1 Å². The largest absolute Gasteiger partial charge is 0.378 e. The van der Waals surface area contributed by atoms with Crippen LogP contribution in [-0.4, -0.2) is 20.9 Å². The van der Waals surface area contributed by atoms with E-state index < -0.39 is 4.92 Å². The van der Waals surface area contributed by atoms with E-state index in [1.54, 1.807) is 0 Å². The smallest absolute Gasteiger partial charge is 0.329 e. The fraction of sp³-hybridized carbons (Fsp3) is 0.636. The Morgan fingerprint density at radius 2 is 2.00 bits per heavy atom. The lowest BCUT2D eigenvalue weighted by atomic mass is 10.1. The van der Waals surface area contributed by atoms with Gasteiger partial charge in [0.25, 0.3) is 0 Å². The van der Waals surface area contributed by atoms with Crippen molar-refractivity contribution in [2.45, 2.75) is 44.6 Å². The number of rotatable bonds is 3. The molecule has 0 radical (unpaired) electrons. The lowest BCUT2D eigenvalue weighted by molar-refractivity contribution is -0.384. The summed E-state index contributed by atoms with van der Waals surface area (Å²) >= 11 is 0. The van der Waals surface area contributed by atoms with Crippen molar-refractivity contribution in [1.29, 1.82) is 0 Å². The minimum Gasteiger partial charge on any atom is -0.378 e. The summed E-state index contributed by atoms with van der Waals surface area (Å²) in [5.74, 6) is 0.288. The van der Waals surface area contributed by atoms with Gasteiger partial charge >= 0.3 is 5.69 Å². The van der Waals surface area contributed by atoms with Crippen LogP contribution in [0.25, 0.3) is 0 Å². The molecular formula is C11H17N5O2. The monoisotopic (exact) mass is 251 g/mol. The van der Waals surface area contributed by atoms with Crippen LogP contribution in [0.2, 0.25) is 0 Å². The van der Waals surface area contributed by atoms with Crippen LogP contribution >= 0.6 is 0 Å². The van der Waals surface area contributed by atoms with Gasteiger partial charge in [-0.3, -0.25) is 10.1 Å². The van der Waals surface area contributed by atoms with Crippen molar-refractivity contribution in [3.63, 3.8) is 0 Å². The zero-order valence-corrected chi connectivity index (χ0v) is 10.1. The Balaban J connectivity index is 2.05. The quantitative estimate of drug-likeness (QED) is 0.484. The normalized spacial score (nSPS) is 17.1. The van der Waals surface area contributed by atoms with Gasteiger partial charge in [0.05, 0.1) is 4.92 Å². The van der Waals surface area contributed by atoms with Gasteiger partial charge in [-0.05, 0) is 12.8 Å². The van der Waals surface area contributed by atoms with E-state index in [2.05, 4.69) is 15.3 Å². The fourth-order valence-corrected chi connectivity index (χ4v) is 2.21. The summed E-state index contributed by atoms with van der Waals surface area (Å²) < 4.78 is 0. The topological polar surface area (TPSA) is 107 Å². The summed E-state index contributed by atoms with van der Waals surface area (Å²) in [5, 5.41) is 13.8. The number of nitrogens with one attached hydrogen (secondary N) is 1. The highest BCUT2D eigenvalue weighted by Crippen LogP contribution is 2.22. The molecule has 1 saturated carbocycles. The molecule has 0 aromatic carbocycles. The second-order valence-electron chi connectivity index (χ2n) is 4.55. The summed E-state index contributed by atoms with van der Waals surface area (Å²) in [4.78, 5) is 17.9. The van der Waals surface area contributed by atoms with E-state index in [4.69, 9.17) is 5.73 Å². The lowest BCUT2D eigenvalue weighted by Crippen LogP contribution is -2.20. The van der Waals surface area contributed by atoms with E-state index in [1.807, 2.05) is 0 Å². The van der Waals surface area contributed by atoms with Gasteiger partial charge in [-0.15, -0.1) is 0 Å². The highest BCUT2D eigenvalue weighted by atomic mass is 16.6. The van der Waals surface area contributed by atoms with E-state index in [-0.39, 0.29) is 11.5 Å². The summed E-state index contributed by atoms with van der Waals surface area (Å²) in [6.45, 7) is 0. The van der Waals surface area contributed by atoms with Crippen molar-refractivity contribution in [2.24, 2.45) is 0 Å². The number of anilines is 2. The highest BCUT2D eigenvalue weighted by molar-refractivity contribution is 5.53. The molecule has 1 aliphatic rings. The Bertz CT molecular complexity index is 429. The van der Waals surface area contributed by atoms with Gasteiger partial charge in [-0.25, -0.2) is 4.98 Å². The average molecular weight is 251 g/mol. The van der Waals surface area contributed by atoms with Gasteiger partial charge in [0.15, 0.2) is 0 Å². The van der Waals surface area contributed by atoms with Crippen molar-refractivity contribution in [2.75, 3.05) is 11.1 Å². The van der Waals surface area contributed by atoms with Crippen LogP contribution in [0.1, 0.15) is 38.5 Å². The fourth-order valence-electron chi connectivity index (χ4n) is 2.21. The molecule has 0 saturated heterocycles. The number of nitrogens with two attached hydrogens (primary N) is 1. The van der Waals surface area contributed by atoms with Crippen molar-refractivity contribution < 1.29 is 4.92 Å². The number of hydrogen-bond acceptors (Lipinski definition) is 6. The third-order valence-corrected chi connectivity index (χ3v) is 3.18. The van der Waals surface area contributed by atoms with Crippen LogP contribution in [0.5, 0.6) is 0 Å². The first-order valence-corrected chi connectivity index (χ1v) is 6.20. The number of nitro groups is 1. The summed E-state index contributed by atoms with van der Waals surface area (Å²) in [7, 11) is 0. The molecule has 0 spiro atoms. The Morgan fingerprint density at radius 3 is 2.56 bits per heavy atom. The number of nitrogens with zero attached hydrogens (tertiary/aromatic N) is 3. The predicted molar refractivity (Wildman–Crippen MR) is 68.2 cm³/mol. The molecule has 0 aliphatic heterocycles. The highest BCUT2D eigenvalue weighted by Gasteiger charge is 2.17. The molecular weight excluding hydrogens is 234 g/mol. The molecule has 0 amide bonds. The minimum atomic E-state index is -0.579. The lowest BCUT2D eigenvalue weighted by Gasteiger charge is -2.15. The number of nitrogen functional groups attached to an aromatic ring is 1.